The summed E-state index contributed by atoms with van der Waals surface area (Å²) in [6.07, 6.45) is 5.76. The summed E-state index contributed by atoms with van der Waals surface area (Å²) in [5.41, 5.74) is 1.97. The summed E-state index contributed by atoms with van der Waals surface area (Å²) in [6, 6.07) is 10.3. The summed E-state index contributed by atoms with van der Waals surface area (Å²) in [5.74, 6) is 1.27. The maximum Gasteiger partial charge on any atom is 0.0952 e. The van der Waals surface area contributed by atoms with Gasteiger partial charge in [0.25, 0.3) is 0 Å². The minimum Gasteiger partial charge on any atom is -0.387 e. The van der Waals surface area contributed by atoms with Crippen LogP contribution in [-0.2, 0) is 0 Å². The summed E-state index contributed by atoms with van der Waals surface area (Å²) >= 11 is 0. The SMILES string of the molecule is C=C[C@H]1CN2CCC1C[C@H]2C(O)c1ccnc2ccccc12. The molecule has 3 fully saturated rings. The number of piperidine rings is 3. The van der Waals surface area contributed by atoms with Crippen LogP contribution in [0.4, 0.5) is 0 Å². The van der Waals surface area contributed by atoms with Gasteiger partial charge in [0, 0.05) is 24.2 Å². The molecule has 1 N–H and O–H groups in total. The molecule has 0 spiro atoms. The third kappa shape index (κ3) is 2.16. The molecular weight excluding hydrogens is 272 g/mol. The van der Waals surface area contributed by atoms with Gasteiger partial charge < -0.3 is 5.11 Å². The quantitative estimate of drug-likeness (QED) is 0.883. The highest BCUT2D eigenvalue weighted by Crippen LogP contribution is 2.41. The molecule has 3 unspecified atom stereocenters. The molecule has 3 saturated heterocycles. The first-order chi connectivity index (χ1) is 10.8. The molecular formula is C19H22N2O. The van der Waals surface area contributed by atoms with Crippen LogP contribution < -0.4 is 0 Å². The number of fused-ring (bicyclic) bond motifs is 4. The van der Waals surface area contributed by atoms with Crippen LogP contribution in [0.25, 0.3) is 10.9 Å². The Hall–Kier alpha value is -1.71. The number of hydrogen-bond acceptors (Lipinski definition) is 3. The molecule has 2 bridgehead atoms. The molecule has 0 aliphatic carbocycles. The van der Waals surface area contributed by atoms with Crippen LogP contribution in [0, 0.1) is 11.8 Å². The monoisotopic (exact) mass is 294 g/mol. The Morgan fingerprint density at radius 2 is 2.18 bits per heavy atom. The van der Waals surface area contributed by atoms with E-state index in [1.165, 1.54) is 6.42 Å². The highest BCUT2D eigenvalue weighted by Gasteiger charge is 2.42. The van der Waals surface area contributed by atoms with Crippen molar-refractivity contribution in [3.05, 3.63) is 54.7 Å². The molecule has 1 aromatic heterocycles. The van der Waals surface area contributed by atoms with Crippen molar-refractivity contribution in [1.29, 1.82) is 0 Å². The summed E-state index contributed by atoms with van der Waals surface area (Å²) in [6.45, 7) is 6.11. The zero-order valence-electron chi connectivity index (χ0n) is 12.7. The van der Waals surface area contributed by atoms with Gasteiger partial charge in [-0.25, -0.2) is 0 Å². The molecule has 0 saturated carbocycles. The van der Waals surface area contributed by atoms with Crippen molar-refractivity contribution in [1.82, 2.24) is 9.88 Å². The molecule has 2 aromatic rings. The van der Waals surface area contributed by atoms with E-state index in [1.807, 2.05) is 30.5 Å². The van der Waals surface area contributed by atoms with Gasteiger partial charge in [-0.2, -0.15) is 0 Å². The van der Waals surface area contributed by atoms with Gasteiger partial charge in [0.1, 0.15) is 0 Å². The van der Waals surface area contributed by atoms with E-state index in [0.717, 1.165) is 36.0 Å². The van der Waals surface area contributed by atoms with Crippen molar-refractivity contribution in [3.8, 4) is 0 Å². The van der Waals surface area contributed by atoms with E-state index < -0.39 is 6.10 Å². The van der Waals surface area contributed by atoms with E-state index in [4.69, 9.17) is 0 Å². The molecule has 22 heavy (non-hydrogen) atoms. The Bertz CT molecular complexity index is 693. The number of benzene rings is 1. The number of rotatable bonds is 3. The highest BCUT2D eigenvalue weighted by molar-refractivity contribution is 5.82. The number of aromatic nitrogens is 1. The van der Waals surface area contributed by atoms with Gasteiger partial charge in [0.05, 0.1) is 11.6 Å². The first-order valence-electron chi connectivity index (χ1n) is 8.16. The van der Waals surface area contributed by atoms with Crippen molar-refractivity contribution in [2.24, 2.45) is 11.8 Å². The van der Waals surface area contributed by atoms with Gasteiger partial charge in [-0.3, -0.25) is 9.88 Å². The highest BCUT2D eigenvalue weighted by atomic mass is 16.3. The molecule has 5 rings (SSSR count). The Morgan fingerprint density at radius 1 is 1.32 bits per heavy atom. The molecule has 4 heterocycles. The lowest BCUT2D eigenvalue weighted by Gasteiger charge is -2.50. The fourth-order valence-corrected chi connectivity index (χ4v) is 4.29. The second-order valence-corrected chi connectivity index (χ2v) is 6.61. The third-order valence-corrected chi connectivity index (χ3v) is 5.52. The van der Waals surface area contributed by atoms with Crippen molar-refractivity contribution in [2.75, 3.05) is 13.1 Å². The molecule has 114 valence electrons. The van der Waals surface area contributed by atoms with E-state index in [-0.39, 0.29) is 6.04 Å². The van der Waals surface area contributed by atoms with Crippen molar-refractivity contribution in [2.45, 2.75) is 25.0 Å². The molecule has 3 aliphatic heterocycles. The summed E-state index contributed by atoms with van der Waals surface area (Å²) in [7, 11) is 0. The topological polar surface area (TPSA) is 36.4 Å². The van der Waals surface area contributed by atoms with Gasteiger partial charge in [0.15, 0.2) is 0 Å². The first kappa shape index (κ1) is 13.9. The Labute approximate surface area is 131 Å². The van der Waals surface area contributed by atoms with Crippen LogP contribution in [0.5, 0.6) is 0 Å². The minimum absolute atomic E-state index is 0.223. The van der Waals surface area contributed by atoms with Gasteiger partial charge in [-0.05, 0) is 48.9 Å². The number of nitrogens with zero attached hydrogens (tertiary/aromatic N) is 2. The van der Waals surface area contributed by atoms with E-state index >= 15 is 0 Å². The zero-order valence-corrected chi connectivity index (χ0v) is 12.7. The lowest BCUT2D eigenvalue weighted by Crippen LogP contribution is -2.54. The van der Waals surface area contributed by atoms with Crippen LogP contribution in [0.15, 0.2) is 49.2 Å². The largest absolute Gasteiger partial charge is 0.387 e. The van der Waals surface area contributed by atoms with Crippen LogP contribution >= 0.6 is 0 Å². The zero-order chi connectivity index (χ0) is 15.1. The average molecular weight is 294 g/mol. The second-order valence-electron chi connectivity index (χ2n) is 6.61. The Balaban J connectivity index is 1.67. The van der Waals surface area contributed by atoms with Gasteiger partial charge in [-0.1, -0.05) is 24.3 Å². The van der Waals surface area contributed by atoms with Crippen LogP contribution in [0.3, 0.4) is 0 Å². The minimum atomic E-state index is -0.443. The maximum absolute atomic E-state index is 11.0. The van der Waals surface area contributed by atoms with Gasteiger partial charge in [-0.15, -0.1) is 6.58 Å². The Kier molecular flexibility index (Phi) is 3.47. The lowest BCUT2D eigenvalue weighted by molar-refractivity contribution is -0.0444. The normalized spacial score (nSPS) is 32.0. The fourth-order valence-electron chi connectivity index (χ4n) is 4.29. The summed E-state index contributed by atoms with van der Waals surface area (Å²) in [4.78, 5) is 6.86. The fraction of sp³-hybridized carbons (Fsp3) is 0.421. The molecule has 0 amide bonds. The van der Waals surface area contributed by atoms with E-state index in [2.05, 4.69) is 28.6 Å². The smallest absolute Gasteiger partial charge is 0.0952 e. The number of aliphatic hydroxyl groups is 1. The Morgan fingerprint density at radius 3 is 2.95 bits per heavy atom. The molecule has 5 atom stereocenters. The third-order valence-electron chi connectivity index (χ3n) is 5.52. The van der Waals surface area contributed by atoms with Crippen molar-refractivity contribution in [3.63, 3.8) is 0 Å². The van der Waals surface area contributed by atoms with Crippen LogP contribution in [0.1, 0.15) is 24.5 Å². The molecule has 1 aromatic carbocycles. The summed E-state index contributed by atoms with van der Waals surface area (Å²) in [5, 5.41) is 12.1. The summed E-state index contributed by atoms with van der Waals surface area (Å²) < 4.78 is 0. The number of pyridine rings is 1. The van der Waals surface area contributed by atoms with Crippen LogP contribution in [-0.4, -0.2) is 34.1 Å². The van der Waals surface area contributed by atoms with Crippen LogP contribution in [0.2, 0.25) is 0 Å². The van der Waals surface area contributed by atoms with E-state index in [9.17, 15) is 5.11 Å². The maximum atomic E-state index is 11.0. The molecule has 3 heteroatoms. The first-order valence-corrected chi connectivity index (χ1v) is 8.16. The van der Waals surface area contributed by atoms with E-state index in [1.54, 1.807) is 0 Å². The average Bonchev–Trinajstić information content (AvgIpc) is 2.60. The molecule has 3 aliphatic rings. The molecule has 0 radical (unpaired) electrons. The molecule has 3 nitrogen and oxygen atoms in total. The second kappa shape index (κ2) is 5.49. The van der Waals surface area contributed by atoms with Gasteiger partial charge in [0.2, 0.25) is 0 Å². The standard InChI is InChI=1S/C19H22N2O/c1-2-13-12-21-10-8-14(13)11-18(21)19(22)16-7-9-20-17-6-4-3-5-15(16)17/h2-7,9,13-14,18-19,22H,1,8,10-12H2/t13-,14?,18-,19?/m0/s1. The predicted molar refractivity (Wildman–Crippen MR) is 88.5 cm³/mol. The van der Waals surface area contributed by atoms with Crippen molar-refractivity contribution < 1.29 is 5.11 Å². The lowest BCUT2D eigenvalue weighted by atomic mass is 9.73. The number of aliphatic hydroxyl groups excluding tert-OH is 1. The number of para-hydroxylation sites is 1. The van der Waals surface area contributed by atoms with Gasteiger partial charge >= 0.3 is 0 Å². The van der Waals surface area contributed by atoms with E-state index in [0.29, 0.717) is 11.8 Å². The van der Waals surface area contributed by atoms with Crippen molar-refractivity contribution >= 4 is 10.9 Å². The number of hydrogen-bond donors (Lipinski definition) is 1. The predicted octanol–water partition coefficient (Wildman–Crippen LogP) is 3.16.